The number of carbonyl (C=O) groups excluding carboxylic acids is 1. The van der Waals surface area contributed by atoms with E-state index >= 15 is 8.78 Å². The zero-order chi connectivity index (χ0) is 27.0. The molecule has 196 valence electrons. The number of hydrogen-bond acceptors (Lipinski definition) is 6. The molecule has 3 aromatic rings. The van der Waals surface area contributed by atoms with Crippen molar-refractivity contribution < 1.29 is 13.6 Å². The predicted molar refractivity (Wildman–Crippen MR) is 143 cm³/mol. The van der Waals surface area contributed by atoms with Crippen LogP contribution in [0.1, 0.15) is 56.5 Å². The van der Waals surface area contributed by atoms with Gasteiger partial charge in [0.1, 0.15) is 11.5 Å². The molecule has 0 bridgehead atoms. The van der Waals surface area contributed by atoms with E-state index in [-0.39, 0.29) is 18.0 Å². The number of nitrogens with one attached hydrogen (secondary N) is 1. The number of likely N-dealkylation sites (N-methyl/N-ethyl adjacent to an activating group) is 1. The Morgan fingerprint density at radius 3 is 2.61 bits per heavy atom. The molecule has 0 saturated carbocycles. The normalized spacial score (nSPS) is 18.9. The molecule has 2 aromatic carbocycles. The predicted octanol–water partition coefficient (Wildman–Crippen LogP) is 4.11. The minimum Gasteiger partial charge on any atom is -0.382 e. The van der Waals surface area contributed by atoms with Crippen LogP contribution in [-0.2, 0) is 5.92 Å². The molecule has 1 aromatic heterocycles. The van der Waals surface area contributed by atoms with Crippen LogP contribution in [0, 0.1) is 25.7 Å². The number of nitrogens with zero attached hydrogens (tertiary/aromatic N) is 4. The van der Waals surface area contributed by atoms with Crippen LogP contribution in [-0.4, -0.2) is 58.9 Å². The first-order valence-corrected chi connectivity index (χ1v) is 12.6. The molecule has 1 atom stereocenters. The first-order chi connectivity index (χ1) is 18.1. The Morgan fingerprint density at radius 2 is 1.87 bits per heavy atom. The van der Waals surface area contributed by atoms with Crippen LogP contribution in [0.4, 0.5) is 20.3 Å². The number of piperazine rings is 1. The number of amides is 1. The summed E-state index contributed by atoms with van der Waals surface area (Å²) in [6.45, 7) is 6.90. The highest BCUT2D eigenvalue weighted by Crippen LogP contribution is 2.50. The largest absolute Gasteiger partial charge is 0.382 e. The number of nitrogen functional groups attached to an aromatic ring is 1. The fourth-order valence-corrected chi connectivity index (χ4v) is 4.95. The smallest absolute Gasteiger partial charge is 0.275 e. The fourth-order valence-electron chi connectivity index (χ4n) is 4.95. The van der Waals surface area contributed by atoms with Gasteiger partial charge in [-0.05, 0) is 62.2 Å². The number of carbonyl (C=O) groups is 1. The Morgan fingerprint density at radius 1 is 1.11 bits per heavy atom. The molecule has 1 amide bonds. The lowest BCUT2D eigenvalue weighted by molar-refractivity contribution is -0.0257. The van der Waals surface area contributed by atoms with Crippen LogP contribution in [0.5, 0.6) is 0 Å². The van der Waals surface area contributed by atoms with E-state index in [1.54, 1.807) is 37.3 Å². The highest BCUT2D eigenvalue weighted by atomic mass is 19.3. The summed E-state index contributed by atoms with van der Waals surface area (Å²) >= 11 is 0. The van der Waals surface area contributed by atoms with Gasteiger partial charge in [-0.3, -0.25) is 9.69 Å². The van der Waals surface area contributed by atoms with Gasteiger partial charge in [-0.2, -0.15) is 0 Å². The first kappa shape index (κ1) is 25.8. The number of halogens is 2. The number of hydrogen-bond donors (Lipinski definition) is 2. The Bertz CT molecular complexity index is 1450. The third-order valence-electron chi connectivity index (χ3n) is 7.30. The third kappa shape index (κ3) is 5.23. The fraction of sp³-hybridized carbons (Fsp3) is 0.345. The second-order valence-electron chi connectivity index (χ2n) is 10.0. The lowest BCUT2D eigenvalue weighted by Crippen LogP contribution is -2.45. The highest BCUT2D eigenvalue weighted by molar-refractivity contribution is 6.04. The topological polar surface area (TPSA) is 87.4 Å². The summed E-state index contributed by atoms with van der Waals surface area (Å²) in [6.07, 6.45) is 1.26. The summed E-state index contributed by atoms with van der Waals surface area (Å²) < 4.78 is 30.1. The molecular formula is C29H30F2N6O. The van der Waals surface area contributed by atoms with Gasteiger partial charge in [0.25, 0.3) is 11.8 Å². The molecule has 1 aliphatic heterocycles. The van der Waals surface area contributed by atoms with E-state index in [4.69, 9.17) is 5.73 Å². The van der Waals surface area contributed by atoms with Crippen molar-refractivity contribution in [2.75, 3.05) is 44.3 Å². The maximum atomic E-state index is 15.0. The molecule has 1 saturated heterocycles. The Balaban J connectivity index is 1.34. The van der Waals surface area contributed by atoms with Crippen molar-refractivity contribution in [2.45, 2.75) is 32.2 Å². The van der Waals surface area contributed by atoms with Crippen molar-refractivity contribution in [3.63, 3.8) is 0 Å². The van der Waals surface area contributed by atoms with E-state index in [2.05, 4.69) is 36.9 Å². The van der Waals surface area contributed by atoms with Gasteiger partial charge in [-0.25, -0.2) is 18.7 Å². The van der Waals surface area contributed by atoms with E-state index in [0.717, 1.165) is 31.7 Å². The summed E-state index contributed by atoms with van der Waals surface area (Å²) in [5, 5.41) is 2.78. The van der Waals surface area contributed by atoms with Crippen LogP contribution in [0.3, 0.4) is 0 Å². The zero-order valence-electron chi connectivity index (χ0n) is 21.7. The third-order valence-corrected chi connectivity index (χ3v) is 7.30. The number of benzene rings is 2. The summed E-state index contributed by atoms with van der Waals surface area (Å²) in [6, 6.07) is 9.71. The quantitative estimate of drug-likeness (QED) is 0.510. The number of aryl methyl sites for hydroxylation is 2. The van der Waals surface area contributed by atoms with E-state index < -0.39 is 11.8 Å². The van der Waals surface area contributed by atoms with Gasteiger partial charge in [0, 0.05) is 61.0 Å². The summed E-state index contributed by atoms with van der Waals surface area (Å²) in [5.41, 5.74) is 9.69. The average molecular weight is 517 g/mol. The van der Waals surface area contributed by atoms with Gasteiger partial charge < -0.3 is 16.0 Å². The van der Waals surface area contributed by atoms with E-state index in [1.807, 2.05) is 14.0 Å². The van der Waals surface area contributed by atoms with E-state index in [1.165, 1.54) is 12.3 Å². The second-order valence-corrected chi connectivity index (χ2v) is 10.0. The molecule has 5 rings (SSSR count). The molecule has 0 radical (unpaired) electrons. The molecule has 0 spiro atoms. The zero-order valence-corrected chi connectivity index (χ0v) is 21.7. The van der Waals surface area contributed by atoms with Crippen molar-refractivity contribution in [1.29, 1.82) is 0 Å². The Hall–Kier alpha value is -3.87. The molecule has 7 nitrogen and oxygen atoms in total. The number of fused-ring (bicyclic) bond motifs is 1. The van der Waals surface area contributed by atoms with Crippen LogP contribution in [0.15, 0.2) is 42.6 Å². The summed E-state index contributed by atoms with van der Waals surface area (Å²) in [5.74, 6) is 3.01. The standard InChI is InChI=1S/C29H30F2N6O/c1-18-4-5-21(14-20(18)6-7-23-17-33-27(32)19(2)34-23)28(38)35-22-8-9-24-25(15-22)29(30,31)16-26(24)37-12-10-36(3)11-13-37/h4-5,8-9,14-15,17,26H,10-13,16H2,1-3H3,(H2,32,33)(H,35,38). The monoisotopic (exact) mass is 516 g/mol. The molecule has 1 aliphatic carbocycles. The Kier molecular flexibility index (Phi) is 6.86. The molecular weight excluding hydrogens is 486 g/mol. The van der Waals surface area contributed by atoms with Crippen LogP contribution >= 0.6 is 0 Å². The van der Waals surface area contributed by atoms with Crippen LogP contribution < -0.4 is 11.1 Å². The highest BCUT2D eigenvalue weighted by Gasteiger charge is 2.47. The maximum Gasteiger partial charge on any atom is 0.275 e. The summed E-state index contributed by atoms with van der Waals surface area (Å²) in [7, 11) is 2.04. The Labute approximate surface area is 221 Å². The van der Waals surface area contributed by atoms with Gasteiger partial charge in [0.2, 0.25) is 0 Å². The average Bonchev–Trinajstić information content (AvgIpc) is 3.16. The second kappa shape index (κ2) is 10.1. The molecule has 2 aliphatic rings. The molecule has 2 heterocycles. The summed E-state index contributed by atoms with van der Waals surface area (Å²) in [4.78, 5) is 25.8. The number of alkyl halides is 2. The van der Waals surface area contributed by atoms with E-state index in [9.17, 15) is 4.79 Å². The van der Waals surface area contributed by atoms with Crippen molar-refractivity contribution in [3.05, 3.63) is 81.8 Å². The van der Waals surface area contributed by atoms with Crippen LogP contribution in [0.2, 0.25) is 0 Å². The van der Waals surface area contributed by atoms with Gasteiger partial charge in [0.15, 0.2) is 0 Å². The maximum absolute atomic E-state index is 15.0. The van der Waals surface area contributed by atoms with Gasteiger partial charge in [-0.15, -0.1) is 0 Å². The molecule has 9 heteroatoms. The molecule has 1 unspecified atom stereocenters. The SMILES string of the molecule is Cc1ccc(C(=O)Nc2ccc3c(c2)C(F)(F)CC3N2CCN(C)CC2)cc1C#Cc1cnc(N)c(C)n1. The number of aromatic nitrogens is 2. The number of rotatable bonds is 3. The number of nitrogens with two attached hydrogens (primary N) is 1. The number of anilines is 2. The minimum atomic E-state index is -2.94. The minimum absolute atomic E-state index is 0.00501. The first-order valence-electron chi connectivity index (χ1n) is 12.6. The van der Waals surface area contributed by atoms with Gasteiger partial charge >= 0.3 is 0 Å². The van der Waals surface area contributed by atoms with Crippen molar-refractivity contribution in [1.82, 2.24) is 19.8 Å². The van der Waals surface area contributed by atoms with Gasteiger partial charge in [-0.1, -0.05) is 18.1 Å². The lowest BCUT2D eigenvalue weighted by atomic mass is 10.0. The lowest BCUT2D eigenvalue weighted by Gasteiger charge is -2.36. The molecule has 1 fully saturated rings. The van der Waals surface area contributed by atoms with Crippen LogP contribution in [0.25, 0.3) is 0 Å². The van der Waals surface area contributed by atoms with Gasteiger partial charge in [0.05, 0.1) is 11.9 Å². The molecule has 38 heavy (non-hydrogen) atoms. The van der Waals surface area contributed by atoms with Crippen molar-refractivity contribution in [2.24, 2.45) is 0 Å². The van der Waals surface area contributed by atoms with E-state index in [0.29, 0.717) is 39.6 Å². The van der Waals surface area contributed by atoms with Crippen molar-refractivity contribution >= 4 is 17.4 Å². The molecule has 3 N–H and O–H groups in total. The van der Waals surface area contributed by atoms with Crippen molar-refractivity contribution in [3.8, 4) is 11.8 Å².